The second kappa shape index (κ2) is 6.14. The van der Waals surface area contributed by atoms with E-state index in [1.165, 1.54) is 44.2 Å². The summed E-state index contributed by atoms with van der Waals surface area (Å²) >= 11 is 5.39. The van der Waals surface area contributed by atoms with Crippen molar-refractivity contribution in [2.24, 2.45) is 0 Å². The van der Waals surface area contributed by atoms with E-state index in [1.807, 2.05) is 11.9 Å². The maximum Gasteiger partial charge on any atom is 0.173 e. The number of anilines is 1. The van der Waals surface area contributed by atoms with Gasteiger partial charge in [-0.1, -0.05) is 19.3 Å². The normalized spacial score (nSPS) is 16.3. The number of halogens is 1. The first-order valence-corrected chi connectivity index (χ1v) is 6.87. The van der Waals surface area contributed by atoms with Crippen LogP contribution in [0.4, 0.5) is 10.1 Å². The molecule has 2 rings (SSSR count). The lowest BCUT2D eigenvalue weighted by Gasteiger charge is -2.28. The summed E-state index contributed by atoms with van der Waals surface area (Å²) in [5.74, 6) is -0.224. The van der Waals surface area contributed by atoms with E-state index in [0.29, 0.717) is 11.2 Å². The van der Waals surface area contributed by atoms with Crippen LogP contribution in [0.25, 0.3) is 0 Å². The van der Waals surface area contributed by atoms with Gasteiger partial charge in [-0.05, 0) is 49.3 Å². The number of hydrogen-bond acceptors (Lipinski definition) is 1. The standard InChI is InChI=1S/C14H19FN2S/c1-17(13-9-7-11(15)8-10-13)14(18)16-12-5-3-2-4-6-12/h7-10,12H,2-6H2,1H3,(H,16,18). The molecule has 0 atom stereocenters. The van der Waals surface area contributed by atoms with Crippen molar-refractivity contribution >= 4 is 23.0 Å². The highest BCUT2D eigenvalue weighted by Crippen LogP contribution is 2.19. The van der Waals surface area contributed by atoms with Gasteiger partial charge in [-0.2, -0.15) is 0 Å². The van der Waals surface area contributed by atoms with E-state index in [-0.39, 0.29) is 5.82 Å². The Hall–Kier alpha value is -1.16. The van der Waals surface area contributed by atoms with Gasteiger partial charge in [0.15, 0.2) is 5.11 Å². The monoisotopic (exact) mass is 266 g/mol. The van der Waals surface area contributed by atoms with Crippen molar-refractivity contribution in [3.8, 4) is 0 Å². The van der Waals surface area contributed by atoms with Gasteiger partial charge in [0.1, 0.15) is 5.82 Å². The highest BCUT2D eigenvalue weighted by molar-refractivity contribution is 7.80. The maximum absolute atomic E-state index is 12.9. The molecule has 1 aliphatic rings. The highest BCUT2D eigenvalue weighted by atomic mass is 32.1. The van der Waals surface area contributed by atoms with Crippen LogP contribution in [0.15, 0.2) is 24.3 Å². The molecule has 98 valence electrons. The van der Waals surface area contributed by atoms with Gasteiger partial charge >= 0.3 is 0 Å². The SMILES string of the molecule is CN(C(=S)NC1CCCCC1)c1ccc(F)cc1. The predicted octanol–water partition coefficient (Wildman–Crippen LogP) is 3.47. The Morgan fingerprint density at radius 2 is 1.83 bits per heavy atom. The van der Waals surface area contributed by atoms with E-state index in [4.69, 9.17) is 12.2 Å². The van der Waals surface area contributed by atoms with Gasteiger partial charge in [0.25, 0.3) is 0 Å². The number of benzene rings is 1. The van der Waals surface area contributed by atoms with Crippen molar-refractivity contribution in [2.75, 3.05) is 11.9 Å². The quantitative estimate of drug-likeness (QED) is 0.825. The summed E-state index contributed by atoms with van der Waals surface area (Å²) in [4.78, 5) is 1.89. The second-order valence-corrected chi connectivity index (χ2v) is 5.21. The van der Waals surface area contributed by atoms with Crippen molar-refractivity contribution in [3.63, 3.8) is 0 Å². The van der Waals surface area contributed by atoms with Crippen LogP contribution in [0.5, 0.6) is 0 Å². The van der Waals surface area contributed by atoms with Crippen molar-refractivity contribution in [3.05, 3.63) is 30.1 Å². The summed E-state index contributed by atoms with van der Waals surface area (Å²) in [5.41, 5.74) is 0.907. The fraction of sp³-hybridized carbons (Fsp3) is 0.500. The predicted molar refractivity (Wildman–Crippen MR) is 77.4 cm³/mol. The molecule has 1 saturated carbocycles. The Balaban J connectivity index is 1.93. The molecule has 1 aromatic rings. The van der Waals surface area contributed by atoms with Crippen LogP contribution in [0.3, 0.4) is 0 Å². The van der Waals surface area contributed by atoms with Crippen molar-refractivity contribution in [1.29, 1.82) is 0 Å². The molecule has 0 bridgehead atoms. The fourth-order valence-electron chi connectivity index (χ4n) is 2.30. The van der Waals surface area contributed by atoms with Crippen LogP contribution in [0, 0.1) is 5.82 Å². The lowest BCUT2D eigenvalue weighted by Crippen LogP contribution is -2.43. The summed E-state index contributed by atoms with van der Waals surface area (Å²) in [6.45, 7) is 0. The first-order chi connectivity index (χ1) is 8.66. The van der Waals surface area contributed by atoms with Gasteiger partial charge in [-0.15, -0.1) is 0 Å². The van der Waals surface area contributed by atoms with Gasteiger partial charge in [0.05, 0.1) is 0 Å². The molecular formula is C14H19FN2S. The molecule has 1 fully saturated rings. The number of rotatable bonds is 2. The van der Waals surface area contributed by atoms with Crippen LogP contribution in [0.1, 0.15) is 32.1 Å². The lowest BCUT2D eigenvalue weighted by molar-refractivity contribution is 0.414. The van der Waals surface area contributed by atoms with Crippen LogP contribution >= 0.6 is 12.2 Å². The van der Waals surface area contributed by atoms with Crippen molar-refractivity contribution < 1.29 is 4.39 Å². The Labute approximate surface area is 113 Å². The van der Waals surface area contributed by atoms with Gasteiger partial charge in [-0.3, -0.25) is 0 Å². The van der Waals surface area contributed by atoms with Crippen molar-refractivity contribution in [1.82, 2.24) is 5.32 Å². The van der Waals surface area contributed by atoms with Crippen LogP contribution in [0.2, 0.25) is 0 Å². The maximum atomic E-state index is 12.9. The zero-order valence-electron chi connectivity index (χ0n) is 10.7. The minimum absolute atomic E-state index is 0.224. The Bertz CT molecular complexity index is 399. The molecular weight excluding hydrogens is 247 g/mol. The fourth-order valence-corrected chi connectivity index (χ4v) is 2.57. The summed E-state index contributed by atoms with van der Waals surface area (Å²) < 4.78 is 12.9. The minimum atomic E-state index is -0.224. The third kappa shape index (κ3) is 3.42. The topological polar surface area (TPSA) is 15.3 Å². The molecule has 1 N–H and O–H groups in total. The molecule has 0 aromatic heterocycles. The molecule has 2 nitrogen and oxygen atoms in total. The third-order valence-corrected chi connectivity index (χ3v) is 3.84. The van der Waals surface area contributed by atoms with E-state index in [1.54, 1.807) is 12.1 Å². The average molecular weight is 266 g/mol. The molecule has 0 heterocycles. The molecule has 1 aromatic carbocycles. The first-order valence-electron chi connectivity index (χ1n) is 6.46. The average Bonchev–Trinajstić information content (AvgIpc) is 2.40. The van der Waals surface area contributed by atoms with E-state index >= 15 is 0 Å². The van der Waals surface area contributed by atoms with Gasteiger partial charge in [-0.25, -0.2) is 4.39 Å². The first kappa shape index (κ1) is 13.3. The molecule has 0 spiro atoms. The summed E-state index contributed by atoms with van der Waals surface area (Å²) in [7, 11) is 1.91. The Morgan fingerprint density at radius 3 is 2.44 bits per heavy atom. The molecule has 0 saturated heterocycles. The summed E-state index contributed by atoms with van der Waals surface area (Å²) in [5, 5.41) is 4.11. The zero-order chi connectivity index (χ0) is 13.0. The number of hydrogen-bond donors (Lipinski definition) is 1. The molecule has 0 aliphatic heterocycles. The Kier molecular flexibility index (Phi) is 4.53. The van der Waals surface area contributed by atoms with Gasteiger partial charge in [0.2, 0.25) is 0 Å². The number of nitrogens with one attached hydrogen (secondary N) is 1. The minimum Gasteiger partial charge on any atom is -0.360 e. The van der Waals surface area contributed by atoms with E-state index < -0.39 is 0 Å². The van der Waals surface area contributed by atoms with Crippen molar-refractivity contribution in [2.45, 2.75) is 38.1 Å². The van der Waals surface area contributed by atoms with Gasteiger partial charge in [0, 0.05) is 18.8 Å². The molecule has 4 heteroatoms. The van der Waals surface area contributed by atoms with E-state index in [9.17, 15) is 4.39 Å². The smallest absolute Gasteiger partial charge is 0.173 e. The Morgan fingerprint density at radius 1 is 1.22 bits per heavy atom. The summed E-state index contributed by atoms with van der Waals surface area (Å²) in [6, 6.07) is 6.88. The zero-order valence-corrected chi connectivity index (χ0v) is 11.5. The third-order valence-electron chi connectivity index (χ3n) is 3.45. The van der Waals surface area contributed by atoms with Crippen LogP contribution in [-0.4, -0.2) is 18.2 Å². The summed E-state index contributed by atoms with van der Waals surface area (Å²) in [6.07, 6.45) is 6.27. The second-order valence-electron chi connectivity index (χ2n) is 4.82. The van der Waals surface area contributed by atoms with Crippen LogP contribution < -0.4 is 10.2 Å². The van der Waals surface area contributed by atoms with Gasteiger partial charge < -0.3 is 10.2 Å². The molecule has 18 heavy (non-hydrogen) atoms. The number of nitrogens with zero attached hydrogens (tertiary/aromatic N) is 1. The molecule has 0 radical (unpaired) electrons. The molecule has 1 aliphatic carbocycles. The van der Waals surface area contributed by atoms with E-state index in [0.717, 1.165) is 5.69 Å². The molecule has 0 amide bonds. The largest absolute Gasteiger partial charge is 0.360 e. The van der Waals surface area contributed by atoms with E-state index in [2.05, 4.69) is 5.32 Å². The van der Waals surface area contributed by atoms with Crippen LogP contribution in [-0.2, 0) is 0 Å². The highest BCUT2D eigenvalue weighted by Gasteiger charge is 2.16. The lowest BCUT2D eigenvalue weighted by atomic mass is 9.96. The number of thiocarbonyl (C=S) groups is 1. The molecule has 0 unspecified atom stereocenters.